The molecule has 100 valence electrons. The lowest BCUT2D eigenvalue weighted by Crippen LogP contribution is -2.11. The van der Waals surface area contributed by atoms with Crippen molar-refractivity contribution in [2.45, 2.75) is 33.8 Å². The Balaban J connectivity index is 0.00000289. The summed E-state index contributed by atoms with van der Waals surface area (Å²) in [6, 6.07) is 3.73. The Kier molecular flexibility index (Phi) is 5.92. The highest BCUT2D eigenvalue weighted by molar-refractivity contribution is 5.87. The SMILES string of the molecule is C=C(C)C(=O)OC(C)c1ccc(N)c(C)c1C.Cl. The van der Waals surface area contributed by atoms with Crippen LogP contribution >= 0.6 is 12.4 Å². The molecule has 0 fully saturated rings. The van der Waals surface area contributed by atoms with E-state index in [0.717, 1.165) is 22.4 Å². The van der Waals surface area contributed by atoms with E-state index in [2.05, 4.69) is 6.58 Å². The van der Waals surface area contributed by atoms with Crippen LogP contribution in [0.4, 0.5) is 5.69 Å². The maximum Gasteiger partial charge on any atom is 0.333 e. The van der Waals surface area contributed by atoms with Crippen LogP contribution in [0.5, 0.6) is 0 Å². The number of nitrogens with two attached hydrogens (primary N) is 1. The summed E-state index contributed by atoms with van der Waals surface area (Å²) in [6.45, 7) is 11.0. The molecule has 0 bridgehead atoms. The third-order valence-electron chi connectivity index (χ3n) is 2.94. The zero-order valence-electron chi connectivity index (χ0n) is 11.2. The van der Waals surface area contributed by atoms with Crippen LogP contribution in [0.25, 0.3) is 0 Å². The summed E-state index contributed by atoms with van der Waals surface area (Å²) < 4.78 is 5.29. The van der Waals surface area contributed by atoms with Crippen LogP contribution in [-0.4, -0.2) is 5.97 Å². The lowest BCUT2D eigenvalue weighted by Gasteiger charge is -2.18. The van der Waals surface area contributed by atoms with Crippen molar-refractivity contribution in [2.24, 2.45) is 0 Å². The first-order valence-electron chi connectivity index (χ1n) is 5.56. The number of esters is 1. The Hall–Kier alpha value is -1.48. The third kappa shape index (κ3) is 3.50. The van der Waals surface area contributed by atoms with E-state index < -0.39 is 0 Å². The molecule has 0 amide bonds. The van der Waals surface area contributed by atoms with E-state index in [0.29, 0.717) is 5.57 Å². The molecule has 1 atom stereocenters. The van der Waals surface area contributed by atoms with Crippen LogP contribution in [0.3, 0.4) is 0 Å². The molecule has 0 heterocycles. The van der Waals surface area contributed by atoms with Gasteiger partial charge in [-0.1, -0.05) is 12.6 Å². The minimum atomic E-state index is -0.369. The number of hydrogen-bond donors (Lipinski definition) is 1. The quantitative estimate of drug-likeness (QED) is 0.519. The number of rotatable bonds is 3. The Labute approximate surface area is 114 Å². The van der Waals surface area contributed by atoms with Gasteiger partial charge in [0.2, 0.25) is 0 Å². The van der Waals surface area contributed by atoms with Gasteiger partial charge in [-0.2, -0.15) is 0 Å². The summed E-state index contributed by atoms with van der Waals surface area (Å²) in [6.07, 6.45) is -0.293. The summed E-state index contributed by atoms with van der Waals surface area (Å²) in [7, 11) is 0. The van der Waals surface area contributed by atoms with Gasteiger partial charge in [-0.15, -0.1) is 12.4 Å². The van der Waals surface area contributed by atoms with E-state index in [1.54, 1.807) is 6.92 Å². The number of ether oxygens (including phenoxy) is 1. The van der Waals surface area contributed by atoms with E-state index in [1.807, 2.05) is 32.9 Å². The van der Waals surface area contributed by atoms with Crippen molar-refractivity contribution in [3.05, 3.63) is 41.0 Å². The van der Waals surface area contributed by atoms with E-state index in [9.17, 15) is 4.79 Å². The zero-order valence-corrected chi connectivity index (χ0v) is 12.1. The van der Waals surface area contributed by atoms with Crippen molar-refractivity contribution in [1.29, 1.82) is 0 Å². The van der Waals surface area contributed by atoms with Gasteiger partial charge in [-0.05, 0) is 50.5 Å². The topological polar surface area (TPSA) is 52.3 Å². The van der Waals surface area contributed by atoms with E-state index in [-0.39, 0.29) is 24.5 Å². The number of halogens is 1. The predicted octanol–water partition coefficient (Wildman–Crippen LogP) is 3.49. The number of anilines is 1. The molecule has 0 aliphatic rings. The van der Waals surface area contributed by atoms with Crippen LogP contribution in [0, 0.1) is 13.8 Å². The smallest absolute Gasteiger partial charge is 0.333 e. The van der Waals surface area contributed by atoms with Gasteiger partial charge in [-0.25, -0.2) is 4.79 Å². The Morgan fingerprint density at radius 1 is 1.33 bits per heavy atom. The third-order valence-corrected chi connectivity index (χ3v) is 2.94. The lowest BCUT2D eigenvalue weighted by atomic mass is 9.98. The molecular formula is C14H20ClNO2. The first-order valence-corrected chi connectivity index (χ1v) is 5.56. The molecule has 1 aromatic rings. The molecule has 0 radical (unpaired) electrons. The number of nitrogen functional groups attached to an aromatic ring is 1. The lowest BCUT2D eigenvalue weighted by molar-refractivity contribution is -0.143. The monoisotopic (exact) mass is 269 g/mol. The van der Waals surface area contributed by atoms with Gasteiger partial charge in [0.15, 0.2) is 0 Å². The zero-order chi connectivity index (χ0) is 13.2. The molecular weight excluding hydrogens is 250 g/mol. The van der Waals surface area contributed by atoms with Gasteiger partial charge in [0.1, 0.15) is 6.10 Å². The van der Waals surface area contributed by atoms with Gasteiger partial charge in [0.05, 0.1) is 0 Å². The average Bonchev–Trinajstić information content (AvgIpc) is 2.25. The standard InChI is InChI=1S/C14H19NO2.ClH/c1-8(2)14(16)17-11(5)12-6-7-13(15)10(4)9(12)3;/h6-7,11H,1,15H2,2-5H3;1H. The molecule has 1 unspecified atom stereocenters. The maximum atomic E-state index is 11.4. The fourth-order valence-electron chi connectivity index (χ4n) is 1.63. The van der Waals surface area contributed by atoms with Crippen molar-refractivity contribution >= 4 is 24.1 Å². The van der Waals surface area contributed by atoms with Crippen molar-refractivity contribution in [3.63, 3.8) is 0 Å². The molecule has 18 heavy (non-hydrogen) atoms. The normalized spacial score (nSPS) is 11.3. The molecule has 0 saturated carbocycles. The van der Waals surface area contributed by atoms with Crippen molar-refractivity contribution in [1.82, 2.24) is 0 Å². The Morgan fingerprint density at radius 2 is 1.89 bits per heavy atom. The fourth-order valence-corrected chi connectivity index (χ4v) is 1.63. The molecule has 0 aliphatic carbocycles. The first kappa shape index (κ1) is 16.5. The highest BCUT2D eigenvalue weighted by atomic mass is 35.5. The molecule has 3 nitrogen and oxygen atoms in total. The van der Waals surface area contributed by atoms with E-state index in [1.165, 1.54) is 0 Å². The van der Waals surface area contributed by atoms with Crippen molar-refractivity contribution in [2.75, 3.05) is 5.73 Å². The highest BCUT2D eigenvalue weighted by Crippen LogP contribution is 2.26. The predicted molar refractivity (Wildman–Crippen MR) is 76.9 cm³/mol. The fraction of sp³-hybridized carbons (Fsp3) is 0.357. The second kappa shape index (κ2) is 6.45. The molecule has 0 aliphatic heterocycles. The van der Waals surface area contributed by atoms with Crippen molar-refractivity contribution < 1.29 is 9.53 Å². The van der Waals surface area contributed by atoms with Crippen LogP contribution < -0.4 is 5.73 Å². The highest BCUT2D eigenvalue weighted by Gasteiger charge is 2.15. The molecule has 0 aromatic heterocycles. The van der Waals surface area contributed by atoms with Gasteiger partial charge < -0.3 is 10.5 Å². The Bertz CT molecular complexity index is 469. The van der Waals surface area contributed by atoms with E-state index in [4.69, 9.17) is 10.5 Å². The molecule has 4 heteroatoms. The van der Waals surface area contributed by atoms with E-state index >= 15 is 0 Å². The molecule has 1 aromatic carbocycles. The number of hydrogen-bond acceptors (Lipinski definition) is 3. The minimum absolute atomic E-state index is 0. The van der Waals surface area contributed by atoms with Gasteiger partial charge in [0, 0.05) is 11.3 Å². The van der Waals surface area contributed by atoms with Crippen LogP contribution in [-0.2, 0) is 9.53 Å². The minimum Gasteiger partial charge on any atom is -0.454 e. The number of carbonyl (C=O) groups excluding carboxylic acids is 1. The van der Waals surface area contributed by atoms with Crippen LogP contribution in [0.1, 0.15) is 36.6 Å². The van der Waals surface area contributed by atoms with Gasteiger partial charge >= 0.3 is 5.97 Å². The molecule has 1 rings (SSSR count). The van der Waals surface area contributed by atoms with Crippen LogP contribution in [0.2, 0.25) is 0 Å². The second-order valence-corrected chi connectivity index (χ2v) is 4.32. The number of benzene rings is 1. The second-order valence-electron chi connectivity index (χ2n) is 4.32. The summed E-state index contributed by atoms with van der Waals surface area (Å²) >= 11 is 0. The summed E-state index contributed by atoms with van der Waals surface area (Å²) in [5.41, 5.74) is 10.0. The van der Waals surface area contributed by atoms with Gasteiger partial charge in [0.25, 0.3) is 0 Å². The average molecular weight is 270 g/mol. The Morgan fingerprint density at radius 3 is 2.39 bits per heavy atom. The first-order chi connectivity index (χ1) is 7.84. The molecule has 2 N–H and O–H groups in total. The molecule has 0 saturated heterocycles. The summed E-state index contributed by atoms with van der Waals surface area (Å²) in [5.74, 6) is -0.369. The van der Waals surface area contributed by atoms with Gasteiger partial charge in [-0.3, -0.25) is 0 Å². The van der Waals surface area contributed by atoms with Crippen molar-refractivity contribution in [3.8, 4) is 0 Å². The maximum absolute atomic E-state index is 11.4. The summed E-state index contributed by atoms with van der Waals surface area (Å²) in [4.78, 5) is 11.4. The number of carbonyl (C=O) groups is 1. The molecule has 0 spiro atoms. The van der Waals surface area contributed by atoms with Crippen LogP contribution in [0.15, 0.2) is 24.3 Å². The summed E-state index contributed by atoms with van der Waals surface area (Å²) in [5, 5.41) is 0. The largest absolute Gasteiger partial charge is 0.454 e.